The van der Waals surface area contributed by atoms with E-state index < -0.39 is 0 Å². The summed E-state index contributed by atoms with van der Waals surface area (Å²) in [5.41, 5.74) is -0.0732. The largest absolute Gasteiger partial charge is 0.376 e. The summed E-state index contributed by atoms with van der Waals surface area (Å²) in [6, 6.07) is 0. The van der Waals surface area contributed by atoms with Crippen LogP contribution in [0.25, 0.3) is 0 Å². The molecule has 0 saturated carbocycles. The maximum absolute atomic E-state index is 11.7. The normalized spacial score (nSPS) is 12.4. The molecule has 0 heterocycles. The van der Waals surface area contributed by atoms with E-state index in [1.807, 2.05) is 26.8 Å². The lowest BCUT2D eigenvalue weighted by Crippen LogP contribution is -2.24. The Labute approximate surface area is 166 Å². The minimum Gasteiger partial charge on any atom is -0.376 e. The summed E-state index contributed by atoms with van der Waals surface area (Å²) in [4.78, 5) is 23.4. The van der Waals surface area contributed by atoms with E-state index in [1.54, 1.807) is 6.08 Å². The molecule has 158 valence electrons. The van der Waals surface area contributed by atoms with E-state index >= 15 is 0 Å². The monoisotopic (exact) mass is 382 g/mol. The summed E-state index contributed by atoms with van der Waals surface area (Å²) in [5.74, 6) is 0.105. The second kappa shape index (κ2) is 13.8. The quantitative estimate of drug-likeness (QED) is 0.367. The van der Waals surface area contributed by atoms with Crippen molar-refractivity contribution in [2.75, 3.05) is 19.7 Å². The van der Waals surface area contributed by atoms with Crippen molar-refractivity contribution in [3.63, 3.8) is 0 Å². The Hall–Kier alpha value is -1.36. The van der Waals surface area contributed by atoms with Gasteiger partial charge in [0, 0.05) is 26.1 Å². The first-order chi connectivity index (χ1) is 12.5. The molecule has 0 aliphatic carbocycles. The van der Waals surface area contributed by atoms with Gasteiger partial charge in [-0.3, -0.25) is 9.59 Å². The molecule has 0 aliphatic rings. The summed E-state index contributed by atoms with van der Waals surface area (Å²) in [7, 11) is 0. The van der Waals surface area contributed by atoms with Gasteiger partial charge in [0.15, 0.2) is 0 Å². The summed E-state index contributed by atoms with van der Waals surface area (Å²) in [5, 5.41) is 5.87. The van der Waals surface area contributed by atoms with Crippen LogP contribution in [0.4, 0.5) is 0 Å². The topological polar surface area (TPSA) is 67.4 Å². The molecule has 0 bridgehead atoms. The highest BCUT2D eigenvalue weighted by molar-refractivity contribution is 5.87. The van der Waals surface area contributed by atoms with Crippen LogP contribution in [-0.4, -0.2) is 37.1 Å². The second-order valence-corrected chi connectivity index (χ2v) is 9.17. The molecule has 0 aliphatic heterocycles. The molecule has 0 unspecified atom stereocenters. The Morgan fingerprint density at radius 2 is 1.41 bits per heavy atom. The van der Waals surface area contributed by atoms with Gasteiger partial charge in [0.05, 0.1) is 5.60 Å². The first-order valence-corrected chi connectivity index (χ1v) is 10.4. The van der Waals surface area contributed by atoms with Gasteiger partial charge in [-0.2, -0.15) is 0 Å². The van der Waals surface area contributed by atoms with Crippen molar-refractivity contribution >= 4 is 11.8 Å². The summed E-state index contributed by atoms with van der Waals surface area (Å²) < 4.78 is 5.64. The van der Waals surface area contributed by atoms with Gasteiger partial charge < -0.3 is 15.4 Å². The number of ether oxygens (including phenoxy) is 1. The first kappa shape index (κ1) is 25.6. The third-order valence-corrected chi connectivity index (χ3v) is 3.79. The zero-order chi connectivity index (χ0) is 20.8. The third kappa shape index (κ3) is 20.8. The molecule has 0 aromatic heterocycles. The van der Waals surface area contributed by atoms with Crippen LogP contribution in [0.15, 0.2) is 12.2 Å². The van der Waals surface area contributed by atoms with Crippen molar-refractivity contribution in [2.45, 2.75) is 92.1 Å². The summed E-state index contributed by atoms with van der Waals surface area (Å²) >= 11 is 0. The lowest BCUT2D eigenvalue weighted by Gasteiger charge is -2.19. The van der Waals surface area contributed by atoms with Crippen molar-refractivity contribution in [3.05, 3.63) is 12.2 Å². The molecule has 0 spiro atoms. The highest BCUT2D eigenvalue weighted by Crippen LogP contribution is 2.14. The Balaban J connectivity index is 3.45. The molecular weight excluding hydrogens is 340 g/mol. The molecular formula is C22H42N2O3. The fraction of sp³-hybridized carbons (Fsp3) is 0.818. The Morgan fingerprint density at radius 1 is 0.815 bits per heavy atom. The number of carbonyl (C=O) groups excluding carboxylic acids is 2. The van der Waals surface area contributed by atoms with Crippen LogP contribution in [0.1, 0.15) is 86.5 Å². The smallest absolute Gasteiger partial charge is 0.243 e. The first-order valence-electron chi connectivity index (χ1n) is 10.4. The second-order valence-electron chi connectivity index (χ2n) is 9.17. The zero-order valence-corrected chi connectivity index (χ0v) is 18.5. The fourth-order valence-corrected chi connectivity index (χ4v) is 2.28. The molecule has 5 nitrogen and oxygen atoms in total. The average molecular weight is 383 g/mol. The maximum atomic E-state index is 11.7. The molecule has 0 rings (SSSR count). The number of hydrogen-bond donors (Lipinski definition) is 2. The van der Waals surface area contributed by atoms with Crippen molar-refractivity contribution in [2.24, 2.45) is 5.41 Å². The van der Waals surface area contributed by atoms with Crippen LogP contribution in [0.3, 0.4) is 0 Å². The van der Waals surface area contributed by atoms with Gasteiger partial charge in [-0.1, -0.05) is 39.7 Å². The lowest BCUT2D eigenvalue weighted by molar-refractivity contribution is -0.121. The standard InChI is InChI=1S/C22H42N2O3/c1-21(2,3)15-14-20(26)24-17-11-8-7-10-16-23-19(25)13-9-12-18-27-22(4,5)6/h14-15H,7-13,16-18H2,1-6H3,(H,23,25)(H,24,26)/b15-14+. The van der Waals surface area contributed by atoms with Crippen molar-refractivity contribution in [1.82, 2.24) is 10.6 Å². The van der Waals surface area contributed by atoms with E-state index in [-0.39, 0.29) is 22.8 Å². The predicted molar refractivity (Wildman–Crippen MR) is 113 cm³/mol. The van der Waals surface area contributed by atoms with E-state index in [1.165, 1.54) is 0 Å². The number of rotatable bonds is 13. The molecule has 0 aromatic carbocycles. The van der Waals surface area contributed by atoms with Gasteiger partial charge in [0.25, 0.3) is 0 Å². The van der Waals surface area contributed by atoms with E-state index in [2.05, 4.69) is 31.4 Å². The molecule has 0 fully saturated rings. The highest BCUT2D eigenvalue weighted by Gasteiger charge is 2.09. The van der Waals surface area contributed by atoms with Gasteiger partial charge in [0.2, 0.25) is 11.8 Å². The van der Waals surface area contributed by atoms with Crippen molar-refractivity contribution in [3.8, 4) is 0 Å². The Bertz CT molecular complexity index is 445. The van der Waals surface area contributed by atoms with Crippen LogP contribution >= 0.6 is 0 Å². The minimum atomic E-state index is -0.103. The molecule has 27 heavy (non-hydrogen) atoms. The van der Waals surface area contributed by atoms with Crippen LogP contribution in [0.2, 0.25) is 0 Å². The lowest BCUT2D eigenvalue weighted by atomic mass is 9.96. The van der Waals surface area contributed by atoms with Gasteiger partial charge in [-0.05, 0) is 57.9 Å². The Morgan fingerprint density at radius 3 is 1.96 bits per heavy atom. The van der Waals surface area contributed by atoms with Gasteiger partial charge >= 0.3 is 0 Å². The number of amides is 2. The summed E-state index contributed by atoms with van der Waals surface area (Å²) in [6.45, 7) is 14.5. The molecule has 2 N–H and O–H groups in total. The number of hydrogen-bond acceptors (Lipinski definition) is 3. The molecule has 0 radical (unpaired) electrons. The SMILES string of the molecule is CC(C)(C)/C=C/C(=O)NCCCCCCNC(=O)CCCCOC(C)(C)C. The van der Waals surface area contributed by atoms with E-state index in [9.17, 15) is 9.59 Å². The minimum absolute atomic E-state index is 0.0231. The van der Waals surface area contributed by atoms with Gasteiger partial charge in [-0.25, -0.2) is 0 Å². The van der Waals surface area contributed by atoms with E-state index in [0.717, 1.165) is 45.1 Å². The van der Waals surface area contributed by atoms with Crippen LogP contribution in [-0.2, 0) is 14.3 Å². The fourth-order valence-electron chi connectivity index (χ4n) is 2.28. The number of allylic oxidation sites excluding steroid dienone is 1. The van der Waals surface area contributed by atoms with Crippen molar-refractivity contribution < 1.29 is 14.3 Å². The molecule has 0 aromatic rings. The van der Waals surface area contributed by atoms with Gasteiger partial charge in [-0.15, -0.1) is 0 Å². The number of carbonyl (C=O) groups is 2. The highest BCUT2D eigenvalue weighted by atomic mass is 16.5. The number of unbranched alkanes of at least 4 members (excludes halogenated alkanes) is 4. The molecule has 0 saturated heterocycles. The maximum Gasteiger partial charge on any atom is 0.243 e. The van der Waals surface area contributed by atoms with Crippen LogP contribution in [0.5, 0.6) is 0 Å². The predicted octanol–water partition coefficient (Wildman–Crippen LogP) is 4.37. The van der Waals surface area contributed by atoms with E-state index in [0.29, 0.717) is 19.6 Å². The molecule has 2 amide bonds. The van der Waals surface area contributed by atoms with Crippen LogP contribution in [0, 0.1) is 5.41 Å². The number of nitrogens with one attached hydrogen (secondary N) is 2. The third-order valence-electron chi connectivity index (χ3n) is 3.79. The van der Waals surface area contributed by atoms with Crippen LogP contribution < -0.4 is 10.6 Å². The van der Waals surface area contributed by atoms with E-state index in [4.69, 9.17) is 4.74 Å². The Kier molecular flexibility index (Phi) is 13.1. The summed E-state index contributed by atoms with van der Waals surface area (Å²) in [6.07, 6.45) is 9.96. The zero-order valence-electron chi connectivity index (χ0n) is 18.5. The average Bonchev–Trinajstić information content (AvgIpc) is 2.53. The van der Waals surface area contributed by atoms with Gasteiger partial charge in [0.1, 0.15) is 0 Å². The van der Waals surface area contributed by atoms with Crippen molar-refractivity contribution in [1.29, 1.82) is 0 Å². The molecule has 5 heteroatoms. The molecule has 0 atom stereocenters.